The first kappa shape index (κ1) is 18.3. The number of aliphatic imine (C=N–C) groups is 1. The molecule has 0 spiro atoms. The number of guanidine groups is 1. The number of hydrogen-bond acceptors (Lipinski definition) is 1. The van der Waals surface area contributed by atoms with Crippen LogP contribution in [-0.4, -0.2) is 23.6 Å². The lowest BCUT2D eigenvalue weighted by Gasteiger charge is -2.12. The second-order valence-electron chi connectivity index (χ2n) is 4.99. The smallest absolute Gasteiger partial charge is 0.191 e. The average Bonchev–Trinajstić information content (AvgIpc) is 2.71. The molecule has 0 saturated heterocycles. The minimum atomic E-state index is 0. The van der Waals surface area contributed by atoms with Crippen molar-refractivity contribution < 1.29 is 0 Å². The van der Waals surface area contributed by atoms with Gasteiger partial charge in [-0.3, -0.25) is 0 Å². The highest BCUT2D eigenvalue weighted by molar-refractivity contribution is 14.0. The molecule has 0 atom stereocenters. The molecule has 1 heterocycles. The Morgan fingerprint density at radius 2 is 2.11 bits per heavy atom. The molecule has 0 aromatic carbocycles. The predicted molar refractivity (Wildman–Crippen MR) is 93.1 cm³/mol. The van der Waals surface area contributed by atoms with E-state index in [2.05, 4.69) is 48.7 Å². The third-order valence-corrected chi connectivity index (χ3v) is 2.67. The number of nitrogens with zero attached hydrogens (tertiary/aromatic N) is 2. The van der Waals surface area contributed by atoms with Crippen LogP contribution >= 0.6 is 24.0 Å². The molecule has 0 amide bonds. The Kier molecular flexibility index (Phi) is 9.73. The largest absolute Gasteiger partial charge is 0.357 e. The maximum absolute atomic E-state index is 4.57. The van der Waals surface area contributed by atoms with E-state index in [0.29, 0.717) is 0 Å². The maximum Gasteiger partial charge on any atom is 0.191 e. The van der Waals surface area contributed by atoms with Crippen LogP contribution in [0.3, 0.4) is 0 Å². The zero-order valence-electron chi connectivity index (χ0n) is 12.4. The molecule has 110 valence electrons. The molecule has 1 rings (SSSR count). The van der Waals surface area contributed by atoms with Crippen molar-refractivity contribution in [2.45, 2.75) is 33.7 Å². The number of rotatable bonds is 6. The molecule has 1 aromatic heterocycles. The van der Waals surface area contributed by atoms with Crippen LogP contribution in [0.15, 0.2) is 23.5 Å². The van der Waals surface area contributed by atoms with Gasteiger partial charge >= 0.3 is 0 Å². The summed E-state index contributed by atoms with van der Waals surface area (Å²) in [5, 5.41) is 6.63. The van der Waals surface area contributed by atoms with Gasteiger partial charge in [-0.05, 0) is 30.9 Å². The predicted octanol–water partition coefficient (Wildman–Crippen LogP) is 2.74. The second-order valence-corrected chi connectivity index (χ2v) is 4.99. The third-order valence-electron chi connectivity index (χ3n) is 2.67. The van der Waals surface area contributed by atoms with Crippen LogP contribution in [0.1, 0.15) is 32.8 Å². The SMILES string of the molecule is CCNC(=NCc1ccn(C)c1)NCCC(C)C.I. The Labute approximate surface area is 134 Å². The first-order valence-electron chi connectivity index (χ1n) is 6.74. The summed E-state index contributed by atoms with van der Waals surface area (Å²) in [6.45, 7) is 9.13. The van der Waals surface area contributed by atoms with Gasteiger partial charge in [0.05, 0.1) is 6.54 Å². The highest BCUT2D eigenvalue weighted by Crippen LogP contribution is 2.01. The van der Waals surface area contributed by atoms with Crippen molar-refractivity contribution in [1.29, 1.82) is 0 Å². The van der Waals surface area contributed by atoms with Gasteiger partial charge in [-0.1, -0.05) is 13.8 Å². The summed E-state index contributed by atoms with van der Waals surface area (Å²) in [5.74, 6) is 1.62. The summed E-state index contributed by atoms with van der Waals surface area (Å²) in [4.78, 5) is 4.57. The van der Waals surface area contributed by atoms with E-state index in [-0.39, 0.29) is 24.0 Å². The van der Waals surface area contributed by atoms with E-state index in [9.17, 15) is 0 Å². The van der Waals surface area contributed by atoms with Gasteiger partial charge < -0.3 is 15.2 Å². The van der Waals surface area contributed by atoms with E-state index in [1.807, 2.05) is 17.8 Å². The lowest BCUT2D eigenvalue weighted by atomic mass is 10.1. The number of hydrogen-bond donors (Lipinski definition) is 2. The molecule has 19 heavy (non-hydrogen) atoms. The van der Waals surface area contributed by atoms with Crippen molar-refractivity contribution in [2.24, 2.45) is 18.0 Å². The quantitative estimate of drug-likeness (QED) is 0.454. The number of halogens is 1. The van der Waals surface area contributed by atoms with Gasteiger partial charge in [0.15, 0.2) is 5.96 Å². The summed E-state index contributed by atoms with van der Waals surface area (Å²) in [6.07, 6.45) is 5.31. The Bertz CT molecular complexity index is 371. The van der Waals surface area contributed by atoms with E-state index in [0.717, 1.165) is 37.9 Å². The van der Waals surface area contributed by atoms with Crippen LogP contribution in [0, 0.1) is 5.92 Å². The molecule has 0 aliphatic heterocycles. The second kappa shape index (κ2) is 10.1. The van der Waals surface area contributed by atoms with Gasteiger partial charge in [0.1, 0.15) is 0 Å². The zero-order valence-corrected chi connectivity index (χ0v) is 14.8. The monoisotopic (exact) mass is 378 g/mol. The van der Waals surface area contributed by atoms with Crippen LogP contribution < -0.4 is 10.6 Å². The molecular formula is C14H27IN4. The van der Waals surface area contributed by atoms with E-state index in [4.69, 9.17) is 0 Å². The van der Waals surface area contributed by atoms with Crippen LogP contribution in [0.2, 0.25) is 0 Å². The summed E-state index contributed by atoms with van der Waals surface area (Å²) in [7, 11) is 2.03. The first-order chi connectivity index (χ1) is 8.61. The normalized spacial score (nSPS) is 11.3. The van der Waals surface area contributed by atoms with Crippen molar-refractivity contribution in [1.82, 2.24) is 15.2 Å². The van der Waals surface area contributed by atoms with Gasteiger partial charge in [-0.2, -0.15) is 0 Å². The Balaban J connectivity index is 0.00000324. The van der Waals surface area contributed by atoms with Gasteiger partial charge in [-0.15, -0.1) is 24.0 Å². The molecular weight excluding hydrogens is 351 g/mol. The summed E-state index contributed by atoms with van der Waals surface area (Å²) >= 11 is 0. The molecule has 4 nitrogen and oxygen atoms in total. The van der Waals surface area contributed by atoms with Crippen LogP contribution in [0.5, 0.6) is 0 Å². The van der Waals surface area contributed by atoms with E-state index < -0.39 is 0 Å². The molecule has 0 fully saturated rings. The fraction of sp³-hybridized carbons (Fsp3) is 0.643. The molecule has 2 N–H and O–H groups in total. The van der Waals surface area contributed by atoms with Crippen molar-refractivity contribution in [2.75, 3.05) is 13.1 Å². The highest BCUT2D eigenvalue weighted by Gasteiger charge is 1.99. The molecule has 0 radical (unpaired) electrons. The minimum absolute atomic E-state index is 0. The van der Waals surface area contributed by atoms with Crippen molar-refractivity contribution >= 4 is 29.9 Å². The van der Waals surface area contributed by atoms with Crippen LogP contribution in [0.25, 0.3) is 0 Å². The van der Waals surface area contributed by atoms with Gasteiger partial charge in [-0.25, -0.2) is 4.99 Å². The number of nitrogens with one attached hydrogen (secondary N) is 2. The molecule has 1 aromatic rings. The topological polar surface area (TPSA) is 41.4 Å². The number of aryl methyl sites for hydroxylation is 1. The Morgan fingerprint density at radius 1 is 1.37 bits per heavy atom. The number of aromatic nitrogens is 1. The van der Waals surface area contributed by atoms with E-state index in [1.165, 1.54) is 5.56 Å². The molecule has 0 saturated carbocycles. The molecule has 0 unspecified atom stereocenters. The van der Waals surface area contributed by atoms with Gasteiger partial charge in [0.25, 0.3) is 0 Å². The molecule has 0 bridgehead atoms. The molecule has 5 heteroatoms. The van der Waals surface area contributed by atoms with Gasteiger partial charge in [0, 0.05) is 32.5 Å². The van der Waals surface area contributed by atoms with Crippen molar-refractivity contribution in [3.8, 4) is 0 Å². The third kappa shape index (κ3) is 8.13. The average molecular weight is 378 g/mol. The van der Waals surface area contributed by atoms with Gasteiger partial charge in [0.2, 0.25) is 0 Å². The van der Waals surface area contributed by atoms with E-state index >= 15 is 0 Å². The highest BCUT2D eigenvalue weighted by atomic mass is 127. The minimum Gasteiger partial charge on any atom is -0.357 e. The summed E-state index contributed by atoms with van der Waals surface area (Å²) < 4.78 is 2.05. The molecule has 0 aliphatic rings. The zero-order chi connectivity index (χ0) is 13.4. The lowest BCUT2D eigenvalue weighted by molar-refractivity contribution is 0.573. The van der Waals surface area contributed by atoms with Crippen molar-refractivity contribution in [3.63, 3.8) is 0 Å². The maximum atomic E-state index is 4.57. The van der Waals surface area contributed by atoms with E-state index in [1.54, 1.807) is 0 Å². The summed E-state index contributed by atoms with van der Waals surface area (Å²) in [5.41, 5.74) is 1.23. The standard InChI is InChI=1S/C14H26N4.HI/c1-5-15-14(16-8-6-12(2)3)17-10-13-7-9-18(4)11-13;/h7,9,11-12H,5-6,8,10H2,1-4H3,(H2,15,16,17);1H. The molecule has 0 aliphatic carbocycles. The van der Waals surface area contributed by atoms with Crippen LogP contribution in [-0.2, 0) is 13.6 Å². The Hall–Kier alpha value is -0.720. The fourth-order valence-electron chi connectivity index (χ4n) is 1.65. The fourth-order valence-corrected chi connectivity index (χ4v) is 1.65. The van der Waals surface area contributed by atoms with Crippen molar-refractivity contribution in [3.05, 3.63) is 24.0 Å². The first-order valence-corrected chi connectivity index (χ1v) is 6.74. The lowest BCUT2D eigenvalue weighted by Crippen LogP contribution is -2.38. The summed E-state index contributed by atoms with van der Waals surface area (Å²) in [6, 6.07) is 2.10. The van der Waals surface area contributed by atoms with Crippen LogP contribution in [0.4, 0.5) is 0 Å². The Morgan fingerprint density at radius 3 is 2.63 bits per heavy atom.